The molecule has 0 saturated carbocycles. The smallest absolute Gasteiger partial charge is 0.335 e. The Bertz CT molecular complexity index is 848. The second-order valence-electron chi connectivity index (χ2n) is 6.83. The molecule has 1 saturated heterocycles. The highest BCUT2D eigenvalue weighted by molar-refractivity contribution is 6.31. The third-order valence-electron chi connectivity index (χ3n) is 4.86. The molecule has 28 heavy (non-hydrogen) atoms. The van der Waals surface area contributed by atoms with Crippen LogP contribution in [0.1, 0.15) is 58.6 Å². The summed E-state index contributed by atoms with van der Waals surface area (Å²) < 4.78 is 0. The molecule has 1 atom stereocenters. The molecule has 0 aliphatic carbocycles. The molecule has 0 radical (unpaired) electrons. The summed E-state index contributed by atoms with van der Waals surface area (Å²) in [6.07, 6.45) is 2.96. The Labute approximate surface area is 169 Å². The van der Waals surface area contributed by atoms with Crippen LogP contribution >= 0.6 is 11.6 Å². The Morgan fingerprint density at radius 3 is 2.43 bits per heavy atom. The van der Waals surface area contributed by atoms with E-state index in [9.17, 15) is 9.59 Å². The SMILES string of the molecule is CC(ONC(=O)c1cc(Cl)ccc1N1CCCCC1)c1ccc(C(=O)O)cc1. The van der Waals surface area contributed by atoms with E-state index in [1.54, 1.807) is 31.2 Å². The molecule has 7 heteroatoms. The van der Waals surface area contributed by atoms with Gasteiger partial charge in [-0.05, 0) is 62.1 Å². The number of anilines is 1. The zero-order chi connectivity index (χ0) is 20.1. The number of amides is 1. The normalized spacial score (nSPS) is 15.1. The molecule has 2 aromatic rings. The van der Waals surface area contributed by atoms with Crippen molar-refractivity contribution in [2.75, 3.05) is 18.0 Å². The Morgan fingerprint density at radius 1 is 1.11 bits per heavy atom. The lowest BCUT2D eigenvalue weighted by molar-refractivity contribution is -0.00888. The monoisotopic (exact) mass is 402 g/mol. The van der Waals surface area contributed by atoms with E-state index in [0.717, 1.165) is 37.2 Å². The number of benzene rings is 2. The number of nitrogens with one attached hydrogen (secondary N) is 1. The van der Waals surface area contributed by atoms with Gasteiger partial charge in [-0.25, -0.2) is 10.3 Å². The number of carbonyl (C=O) groups excluding carboxylic acids is 1. The van der Waals surface area contributed by atoms with Crippen LogP contribution in [-0.2, 0) is 4.84 Å². The Balaban J connectivity index is 1.68. The molecule has 1 fully saturated rings. The quantitative estimate of drug-likeness (QED) is 0.698. The number of rotatable bonds is 6. The average Bonchev–Trinajstić information content (AvgIpc) is 2.72. The lowest BCUT2D eigenvalue weighted by Crippen LogP contribution is -2.33. The molecule has 1 aliphatic heterocycles. The van der Waals surface area contributed by atoms with Crippen LogP contribution in [0.4, 0.5) is 5.69 Å². The third kappa shape index (κ3) is 4.82. The van der Waals surface area contributed by atoms with Crippen LogP contribution in [0.25, 0.3) is 0 Å². The molecule has 1 heterocycles. The third-order valence-corrected chi connectivity index (χ3v) is 5.09. The van der Waals surface area contributed by atoms with E-state index in [1.165, 1.54) is 18.6 Å². The summed E-state index contributed by atoms with van der Waals surface area (Å²) in [6, 6.07) is 11.6. The minimum absolute atomic E-state index is 0.199. The number of carboxylic acid groups (broad SMARTS) is 1. The van der Waals surface area contributed by atoms with Crippen LogP contribution in [0.2, 0.25) is 5.02 Å². The molecule has 2 aromatic carbocycles. The van der Waals surface area contributed by atoms with Crippen molar-refractivity contribution in [3.05, 3.63) is 64.2 Å². The fourth-order valence-electron chi connectivity index (χ4n) is 3.26. The highest BCUT2D eigenvalue weighted by atomic mass is 35.5. The van der Waals surface area contributed by atoms with E-state index in [0.29, 0.717) is 10.6 Å². The Hall–Kier alpha value is -2.57. The number of hydroxylamine groups is 1. The van der Waals surface area contributed by atoms with E-state index < -0.39 is 12.1 Å². The van der Waals surface area contributed by atoms with Crippen molar-refractivity contribution in [1.82, 2.24) is 5.48 Å². The zero-order valence-corrected chi connectivity index (χ0v) is 16.4. The van der Waals surface area contributed by atoms with Crippen LogP contribution in [0.3, 0.4) is 0 Å². The van der Waals surface area contributed by atoms with Gasteiger partial charge in [0.25, 0.3) is 5.91 Å². The zero-order valence-electron chi connectivity index (χ0n) is 15.7. The van der Waals surface area contributed by atoms with Gasteiger partial charge in [-0.1, -0.05) is 23.7 Å². The van der Waals surface area contributed by atoms with Crippen LogP contribution in [0.15, 0.2) is 42.5 Å². The second kappa shape index (κ2) is 9.08. The molecule has 1 amide bonds. The van der Waals surface area contributed by atoms with E-state index in [2.05, 4.69) is 10.4 Å². The first kappa shape index (κ1) is 20.2. The number of carbonyl (C=O) groups is 2. The lowest BCUT2D eigenvalue weighted by Gasteiger charge is -2.30. The van der Waals surface area contributed by atoms with Crippen LogP contribution < -0.4 is 10.4 Å². The van der Waals surface area contributed by atoms with Gasteiger partial charge in [-0.15, -0.1) is 0 Å². The van der Waals surface area contributed by atoms with Gasteiger partial charge in [0.05, 0.1) is 11.1 Å². The first-order valence-electron chi connectivity index (χ1n) is 9.29. The maximum Gasteiger partial charge on any atom is 0.335 e. The highest BCUT2D eigenvalue weighted by Gasteiger charge is 2.20. The fourth-order valence-corrected chi connectivity index (χ4v) is 3.43. The number of hydrogen-bond donors (Lipinski definition) is 2. The Morgan fingerprint density at radius 2 is 1.79 bits per heavy atom. The summed E-state index contributed by atoms with van der Waals surface area (Å²) in [7, 11) is 0. The van der Waals surface area contributed by atoms with Crippen molar-refractivity contribution in [3.63, 3.8) is 0 Å². The lowest BCUT2D eigenvalue weighted by atomic mass is 10.1. The predicted octanol–water partition coefficient (Wildman–Crippen LogP) is 4.45. The van der Waals surface area contributed by atoms with Crippen molar-refractivity contribution in [3.8, 4) is 0 Å². The fraction of sp³-hybridized carbons (Fsp3) is 0.333. The molecule has 0 spiro atoms. The van der Waals surface area contributed by atoms with Gasteiger partial charge in [0.2, 0.25) is 0 Å². The van der Waals surface area contributed by atoms with Crippen molar-refractivity contribution < 1.29 is 19.5 Å². The van der Waals surface area contributed by atoms with Crippen molar-refractivity contribution in [1.29, 1.82) is 0 Å². The maximum atomic E-state index is 12.7. The molecule has 6 nitrogen and oxygen atoms in total. The topological polar surface area (TPSA) is 78.9 Å². The van der Waals surface area contributed by atoms with Gasteiger partial charge >= 0.3 is 5.97 Å². The summed E-state index contributed by atoms with van der Waals surface area (Å²) in [5, 5.41) is 9.46. The van der Waals surface area contributed by atoms with Gasteiger partial charge in [0, 0.05) is 23.8 Å². The predicted molar refractivity (Wildman–Crippen MR) is 108 cm³/mol. The van der Waals surface area contributed by atoms with Gasteiger partial charge in [-0.3, -0.25) is 9.63 Å². The standard InChI is InChI=1S/C21H23ClN2O4/c1-14(15-5-7-16(8-6-15)21(26)27)28-23-20(25)18-13-17(22)9-10-19(18)24-11-3-2-4-12-24/h5-10,13-14H,2-4,11-12H2,1H3,(H,23,25)(H,26,27). The summed E-state index contributed by atoms with van der Waals surface area (Å²) in [4.78, 5) is 31.4. The molecule has 2 N–H and O–H groups in total. The van der Waals surface area contributed by atoms with Crippen LogP contribution in [0, 0.1) is 0 Å². The molecular formula is C21H23ClN2O4. The number of carboxylic acids is 1. The summed E-state index contributed by atoms with van der Waals surface area (Å²) in [5.74, 6) is -1.35. The first-order valence-corrected chi connectivity index (χ1v) is 9.67. The number of halogens is 1. The Kier molecular flexibility index (Phi) is 6.54. The number of nitrogens with zero attached hydrogens (tertiary/aromatic N) is 1. The molecule has 0 bridgehead atoms. The van der Waals surface area contributed by atoms with Crippen molar-refractivity contribution in [2.45, 2.75) is 32.3 Å². The van der Waals surface area contributed by atoms with Crippen molar-refractivity contribution in [2.24, 2.45) is 0 Å². The number of piperidine rings is 1. The van der Waals surface area contributed by atoms with Gasteiger partial charge in [0.15, 0.2) is 0 Å². The minimum atomic E-state index is -0.986. The van der Waals surface area contributed by atoms with Gasteiger partial charge < -0.3 is 10.0 Å². The van der Waals surface area contributed by atoms with E-state index in [4.69, 9.17) is 21.5 Å². The summed E-state index contributed by atoms with van der Waals surface area (Å²) in [5.41, 5.74) is 4.78. The molecule has 1 unspecified atom stereocenters. The highest BCUT2D eigenvalue weighted by Crippen LogP contribution is 2.27. The van der Waals surface area contributed by atoms with Crippen LogP contribution in [0.5, 0.6) is 0 Å². The maximum absolute atomic E-state index is 12.7. The van der Waals surface area contributed by atoms with Crippen molar-refractivity contribution >= 4 is 29.2 Å². The summed E-state index contributed by atoms with van der Waals surface area (Å²) >= 11 is 6.11. The number of hydrogen-bond acceptors (Lipinski definition) is 4. The molecule has 148 valence electrons. The second-order valence-corrected chi connectivity index (χ2v) is 7.26. The molecule has 0 aromatic heterocycles. The van der Waals surface area contributed by atoms with E-state index >= 15 is 0 Å². The molecule has 3 rings (SSSR count). The largest absolute Gasteiger partial charge is 0.478 e. The first-order chi connectivity index (χ1) is 13.5. The average molecular weight is 403 g/mol. The van der Waals surface area contributed by atoms with Gasteiger partial charge in [0.1, 0.15) is 6.10 Å². The number of aromatic carboxylic acids is 1. The van der Waals surface area contributed by atoms with Crippen LogP contribution in [-0.4, -0.2) is 30.1 Å². The van der Waals surface area contributed by atoms with Gasteiger partial charge in [-0.2, -0.15) is 0 Å². The molecular weight excluding hydrogens is 380 g/mol. The molecule has 1 aliphatic rings. The summed E-state index contributed by atoms with van der Waals surface area (Å²) in [6.45, 7) is 3.60. The van der Waals surface area contributed by atoms with E-state index in [1.807, 2.05) is 6.07 Å². The minimum Gasteiger partial charge on any atom is -0.478 e. The van der Waals surface area contributed by atoms with E-state index in [-0.39, 0.29) is 11.5 Å².